The van der Waals surface area contributed by atoms with Crippen LogP contribution in [0.1, 0.15) is 5.56 Å². The van der Waals surface area contributed by atoms with Crippen molar-refractivity contribution < 1.29 is 0 Å². The Hall–Kier alpha value is -2.36. The Kier molecular flexibility index (Phi) is 3.05. The molecule has 0 amide bonds. The smallest absolute Gasteiger partial charge is 0.190 e. The van der Waals surface area contributed by atoms with E-state index >= 15 is 0 Å². The van der Waals surface area contributed by atoms with Gasteiger partial charge < -0.3 is 11.1 Å². The molecule has 0 saturated heterocycles. The normalized spacial score (nSPS) is 9.94. The van der Waals surface area contributed by atoms with Gasteiger partial charge in [0.2, 0.25) is 0 Å². The molecule has 4 N–H and O–H groups in total. The number of rotatable bonds is 2. The van der Waals surface area contributed by atoms with E-state index in [9.17, 15) is 0 Å². The molecule has 1 aromatic heterocycles. The van der Waals surface area contributed by atoms with Crippen molar-refractivity contribution in [3.63, 3.8) is 0 Å². The number of aromatic nitrogens is 1. The summed E-state index contributed by atoms with van der Waals surface area (Å²) in [6, 6.07) is 9.73. The van der Waals surface area contributed by atoms with Crippen LogP contribution in [0.4, 0.5) is 5.69 Å². The fourth-order valence-electron chi connectivity index (χ4n) is 1.65. The van der Waals surface area contributed by atoms with Gasteiger partial charge >= 0.3 is 0 Å². The van der Waals surface area contributed by atoms with E-state index in [2.05, 4.69) is 17.2 Å². The first-order valence-corrected chi connectivity index (χ1v) is 5.29. The molecule has 1 heterocycles. The lowest BCUT2D eigenvalue weighted by Gasteiger charge is -2.07. The summed E-state index contributed by atoms with van der Waals surface area (Å²) in [5.74, 6) is -0.0599. The predicted octanol–water partition coefficient (Wildman–Crippen LogP) is 2.36. The molecule has 0 saturated carbocycles. The Balaban J connectivity index is 2.30. The molecular weight excluding hydrogens is 212 g/mol. The Labute approximate surface area is 100 Å². The monoisotopic (exact) mass is 226 g/mol. The molecule has 0 aliphatic carbocycles. The van der Waals surface area contributed by atoms with Crippen molar-refractivity contribution in [2.75, 3.05) is 5.32 Å². The van der Waals surface area contributed by atoms with Crippen LogP contribution < -0.4 is 11.1 Å². The number of hydrogen-bond donors (Lipinski definition) is 3. The molecule has 0 unspecified atom stereocenters. The van der Waals surface area contributed by atoms with Crippen molar-refractivity contribution in [3.8, 4) is 11.1 Å². The highest BCUT2D eigenvalue weighted by Gasteiger charge is 2.01. The van der Waals surface area contributed by atoms with Crippen molar-refractivity contribution in [2.24, 2.45) is 5.73 Å². The second-order valence-corrected chi connectivity index (χ2v) is 3.81. The predicted molar refractivity (Wildman–Crippen MR) is 69.9 cm³/mol. The third-order valence-corrected chi connectivity index (χ3v) is 2.51. The first-order chi connectivity index (χ1) is 8.16. The van der Waals surface area contributed by atoms with Gasteiger partial charge in [-0.25, -0.2) is 0 Å². The van der Waals surface area contributed by atoms with Crippen molar-refractivity contribution in [1.82, 2.24) is 4.98 Å². The van der Waals surface area contributed by atoms with Crippen LogP contribution in [-0.2, 0) is 0 Å². The molecule has 2 rings (SSSR count). The van der Waals surface area contributed by atoms with Gasteiger partial charge in [-0.15, -0.1) is 0 Å². The minimum absolute atomic E-state index is 0.0599. The molecule has 0 fully saturated rings. The van der Waals surface area contributed by atoms with E-state index in [0.29, 0.717) is 0 Å². The maximum atomic E-state index is 7.14. The zero-order valence-corrected chi connectivity index (χ0v) is 9.57. The molecule has 0 aliphatic heterocycles. The highest BCUT2D eigenvalue weighted by atomic mass is 15.0. The van der Waals surface area contributed by atoms with Gasteiger partial charge in [-0.2, -0.15) is 0 Å². The van der Waals surface area contributed by atoms with Crippen molar-refractivity contribution in [2.45, 2.75) is 6.92 Å². The van der Waals surface area contributed by atoms with Gasteiger partial charge in [0.1, 0.15) is 0 Å². The number of benzene rings is 1. The number of nitrogens with one attached hydrogen (secondary N) is 2. The highest BCUT2D eigenvalue weighted by Crippen LogP contribution is 2.23. The quantitative estimate of drug-likeness (QED) is 0.543. The van der Waals surface area contributed by atoms with Crippen LogP contribution >= 0.6 is 0 Å². The van der Waals surface area contributed by atoms with Gasteiger partial charge in [0.05, 0.1) is 0 Å². The summed E-state index contributed by atoms with van der Waals surface area (Å²) in [4.78, 5) is 4.12. The molecule has 17 heavy (non-hydrogen) atoms. The van der Waals surface area contributed by atoms with Gasteiger partial charge in [-0.05, 0) is 36.2 Å². The van der Waals surface area contributed by atoms with E-state index in [4.69, 9.17) is 11.1 Å². The summed E-state index contributed by atoms with van der Waals surface area (Å²) in [5.41, 5.74) is 9.47. The summed E-state index contributed by atoms with van der Waals surface area (Å²) in [6.07, 6.45) is 3.63. The number of nitrogens with zero attached hydrogens (tertiary/aromatic N) is 1. The van der Waals surface area contributed by atoms with E-state index in [1.165, 1.54) is 5.56 Å². The topological polar surface area (TPSA) is 74.8 Å². The van der Waals surface area contributed by atoms with Gasteiger partial charge in [0, 0.05) is 23.6 Å². The van der Waals surface area contributed by atoms with Crippen molar-refractivity contribution >= 4 is 11.6 Å². The van der Waals surface area contributed by atoms with E-state index < -0.39 is 0 Å². The van der Waals surface area contributed by atoms with Crippen LogP contribution in [0, 0.1) is 12.3 Å². The highest BCUT2D eigenvalue weighted by molar-refractivity contribution is 5.90. The number of hydrogen-bond acceptors (Lipinski definition) is 2. The SMILES string of the molecule is Cc1ccncc1-c1ccc(NC(=N)N)cc1. The molecule has 4 nitrogen and oxygen atoms in total. The second-order valence-electron chi connectivity index (χ2n) is 3.81. The Morgan fingerprint density at radius 2 is 1.94 bits per heavy atom. The molecule has 0 spiro atoms. The summed E-state index contributed by atoms with van der Waals surface area (Å²) < 4.78 is 0. The van der Waals surface area contributed by atoms with Crippen LogP contribution in [0.3, 0.4) is 0 Å². The molecule has 2 aromatic rings. The number of pyridine rings is 1. The Morgan fingerprint density at radius 1 is 1.24 bits per heavy atom. The van der Waals surface area contributed by atoms with Gasteiger partial charge in [-0.1, -0.05) is 12.1 Å². The average molecular weight is 226 g/mol. The zero-order chi connectivity index (χ0) is 12.3. The molecular formula is C13H14N4. The lowest BCUT2D eigenvalue weighted by Crippen LogP contribution is -2.20. The number of guanidine groups is 1. The summed E-state index contributed by atoms with van der Waals surface area (Å²) in [5, 5.41) is 9.88. The zero-order valence-electron chi connectivity index (χ0n) is 9.57. The Morgan fingerprint density at radius 3 is 2.53 bits per heavy atom. The van der Waals surface area contributed by atoms with Gasteiger partial charge in [0.15, 0.2) is 5.96 Å². The van der Waals surface area contributed by atoms with E-state index in [1.807, 2.05) is 36.5 Å². The van der Waals surface area contributed by atoms with Crippen LogP contribution in [-0.4, -0.2) is 10.9 Å². The average Bonchev–Trinajstić information content (AvgIpc) is 2.30. The summed E-state index contributed by atoms with van der Waals surface area (Å²) >= 11 is 0. The van der Waals surface area contributed by atoms with Crippen molar-refractivity contribution in [1.29, 1.82) is 5.41 Å². The largest absolute Gasteiger partial charge is 0.370 e. The molecule has 0 bridgehead atoms. The number of anilines is 1. The minimum atomic E-state index is -0.0599. The first-order valence-electron chi connectivity index (χ1n) is 5.29. The summed E-state index contributed by atoms with van der Waals surface area (Å²) in [7, 11) is 0. The fraction of sp³-hybridized carbons (Fsp3) is 0.0769. The second kappa shape index (κ2) is 4.65. The molecule has 0 radical (unpaired) electrons. The van der Waals surface area contributed by atoms with Crippen LogP contribution in [0.5, 0.6) is 0 Å². The van der Waals surface area contributed by atoms with E-state index in [1.54, 1.807) is 6.20 Å². The fourth-order valence-corrected chi connectivity index (χ4v) is 1.65. The standard InChI is InChI=1S/C13H14N4/c1-9-6-7-16-8-12(9)10-2-4-11(5-3-10)17-13(14)15/h2-8H,1H3,(H4,14,15,17). The molecule has 86 valence electrons. The molecule has 0 atom stereocenters. The Bertz CT molecular complexity index is 531. The van der Waals surface area contributed by atoms with Crippen molar-refractivity contribution in [3.05, 3.63) is 48.3 Å². The number of aryl methyl sites for hydroxylation is 1. The van der Waals surface area contributed by atoms with Gasteiger partial charge in [0.25, 0.3) is 0 Å². The van der Waals surface area contributed by atoms with Crippen LogP contribution in [0.2, 0.25) is 0 Å². The van der Waals surface area contributed by atoms with Crippen LogP contribution in [0.25, 0.3) is 11.1 Å². The number of nitrogens with two attached hydrogens (primary N) is 1. The molecule has 1 aromatic carbocycles. The lowest BCUT2D eigenvalue weighted by atomic mass is 10.0. The van der Waals surface area contributed by atoms with Gasteiger partial charge in [-0.3, -0.25) is 10.4 Å². The molecule has 4 heteroatoms. The van der Waals surface area contributed by atoms with Crippen LogP contribution in [0.15, 0.2) is 42.7 Å². The van der Waals surface area contributed by atoms with E-state index in [0.717, 1.165) is 16.8 Å². The summed E-state index contributed by atoms with van der Waals surface area (Å²) in [6.45, 7) is 2.05. The first kappa shape index (κ1) is 11.1. The van der Waals surface area contributed by atoms with E-state index in [-0.39, 0.29) is 5.96 Å². The molecule has 0 aliphatic rings. The third kappa shape index (κ3) is 2.60. The lowest BCUT2D eigenvalue weighted by molar-refractivity contribution is 1.29. The maximum Gasteiger partial charge on any atom is 0.190 e. The maximum absolute atomic E-state index is 7.14. The minimum Gasteiger partial charge on any atom is -0.370 e. The third-order valence-electron chi connectivity index (χ3n) is 2.51.